The Hall–Kier alpha value is -3.27. The number of ether oxygens (including phenoxy) is 1. The van der Waals surface area contributed by atoms with E-state index < -0.39 is 6.09 Å². The van der Waals surface area contributed by atoms with Crippen molar-refractivity contribution < 1.29 is 9.53 Å². The molecule has 0 aliphatic carbocycles. The molecule has 0 radical (unpaired) electrons. The van der Waals surface area contributed by atoms with Crippen molar-refractivity contribution in [2.24, 2.45) is 0 Å². The van der Waals surface area contributed by atoms with Crippen LogP contribution in [-0.4, -0.2) is 19.2 Å². The number of rotatable bonds is 6. The summed E-state index contributed by atoms with van der Waals surface area (Å²) in [6.45, 7) is 4.34. The van der Waals surface area contributed by atoms with Gasteiger partial charge in [0, 0.05) is 30.9 Å². The molecule has 0 spiro atoms. The Bertz CT molecular complexity index is 985. The zero-order chi connectivity index (χ0) is 20.1. The molecule has 4 nitrogen and oxygen atoms in total. The Balaban J connectivity index is 1.31. The molecule has 1 heterocycles. The van der Waals surface area contributed by atoms with Gasteiger partial charge in [-0.15, -0.1) is 0 Å². The number of nitrogens with zero attached hydrogens (tertiary/aromatic N) is 1. The van der Waals surface area contributed by atoms with Gasteiger partial charge in [-0.3, -0.25) is 5.32 Å². The third-order valence-electron chi connectivity index (χ3n) is 5.40. The zero-order valence-electron chi connectivity index (χ0n) is 16.7. The van der Waals surface area contributed by atoms with Gasteiger partial charge in [0.2, 0.25) is 0 Å². The molecule has 0 saturated carbocycles. The molecule has 4 rings (SSSR count). The first-order valence-electron chi connectivity index (χ1n) is 10.1. The van der Waals surface area contributed by atoms with E-state index in [1.165, 1.54) is 27.9 Å². The average molecular weight is 386 g/mol. The molecule has 3 aromatic rings. The van der Waals surface area contributed by atoms with Crippen molar-refractivity contribution in [3.8, 4) is 0 Å². The van der Waals surface area contributed by atoms with Crippen LogP contribution in [0.1, 0.15) is 22.3 Å². The number of carbonyl (C=O) groups is 1. The Kier molecular flexibility index (Phi) is 5.80. The summed E-state index contributed by atoms with van der Waals surface area (Å²) < 4.78 is 5.36. The monoisotopic (exact) mass is 386 g/mol. The van der Waals surface area contributed by atoms with E-state index in [1.54, 1.807) is 0 Å². The van der Waals surface area contributed by atoms with Gasteiger partial charge >= 0.3 is 6.09 Å². The van der Waals surface area contributed by atoms with E-state index >= 15 is 0 Å². The molecule has 0 unspecified atom stereocenters. The smallest absolute Gasteiger partial charge is 0.411 e. The van der Waals surface area contributed by atoms with Crippen LogP contribution in [0.2, 0.25) is 0 Å². The minimum Gasteiger partial charge on any atom is -0.449 e. The molecule has 0 fully saturated rings. The molecule has 0 aromatic heterocycles. The van der Waals surface area contributed by atoms with Gasteiger partial charge in [0.1, 0.15) is 0 Å². The minimum atomic E-state index is -0.405. The molecule has 1 N–H and O–H groups in total. The predicted molar refractivity (Wildman–Crippen MR) is 117 cm³/mol. The van der Waals surface area contributed by atoms with Crippen molar-refractivity contribution in [1.29, 1.82) is 0 Å². The van der Waals surface area contributed by atoms with Gasteiger partial charge in [0.05, 0.1) is 6.61 Å². The van der Waals surface area contributed by atoms with Gasteiger partial charge in [-0.1, -0.05) is 54.6 Å². The van der Waals surface area contributed by atoms with Crippen molar-refractivity contribution in [2.75, 3.05) is 23.4 Å². The second-order valence-corrected chi connectivity index (χ2v) is 7.44. The Morgan fingerprint density at radius 2 is 1.83 bits per heavy atom. The van der Waals surface area contributed by atoms with Gasteiger partial charge in [-0.2, -0.15) is 0 Å². The Labute approximate surface area is 172 Å². The highest BCUT2D eigenvalue weighted by Crippen LogP contribution is 2.31. The standard InChI is InChI=1S/C25H26N2O2/c1-19-7-5-6-10-21(19)14-16-29-25(28)26-23-11-12-24-22(17-23)13-15-27(24)18-20-8-3-2-4-9-20/h2-12,17H,13-16,18H2,1H3,(H,26,28). The van der Waals surface area contributed by atoms with Crippen molar-refractivity contribution in [1.82, 2.24) is 0 Å². The number of hydrogen-bond donors (Lipinski definition) is 1. The predicted octanol–water partition coefficient (Wildman–Crippen LogP) is 5.35. The molecular formula is C25H26N2O2. The molecule has 0 bridgehead atoms. The van der Waals surface area contributed by atoms with Gasteiger partial charge in [0.15, 0.2) is 0 Å². The molecule has 148 valence electrons. The van der Waals surface area contributed by atoms with Crippen LogP contribution in [0.3, 0.4) is 0 Å². The number of hydrogen-bond acceptors (Lipinski definition) is 3. The van der Waals surface area contributed by atoms with Crippen molar-refractivity contribution >= 4 is 17.5 Å². The first-order valence-corrected chi connectivity index (χ1v) is 10.1. The van der Waals surface area contributed by atoms with Crippen LogP contribution in [0.4, 0.5) is 16.2 Å². The van der Waals surface area contributed by atoms with E-state index in [1.807, 2.05) is 24.3 Å². The van der Waals surface area contributed by atoms with Crippen LogP contribution in [-0.2, 0) is 24.1 Å². The fraction of sp³-hybridized carbons (Fsp3) is 0.240. The average Bonchev–Trinajstić information content (AvgIpc) is 3.12. The summed E-state index contributed by atoms with van der Waals surface area (Å²) in [5, 5.41) is 2.86. The van der Waals surface area contributed by atoms with Crippen LogP contribution in [0.15, 0.2) is 72.8 Å². The van der Waals surface area contributed by atoms with E-state index in [0.717, 1.165) is 31.6 Å². The molecule has 1 amide bonds. The largest absolute Gasteiger partial charge is 0.449 e. The van der Waals surface area contributed by atoms with Gasteiger partial charge in [0.25, 0.3) is 0 Å². The summed E-state index contributed by atoms with van der Waals surface area (Å²) in [6.07, 6.45) is 1.30. The molecule has 0 saturated heterocycles. The number of nitrogens with one attached hydrogen (secondary N) is 1. The summed E-state index contributed by atoms with van der Waals surface area (Å²) in [6, 6.07) is 24.8. The lowest BCUT2D eigenvalue weighted by Gasteiger charge is -2.19. The fourth-order valence-corrected chi connectivity index (χ4v) is 3.81. The van der Waals surface area contributed by atoms with Crippen LogP contribution in [0.5, 0.6) is 0 Å². The highest BCUT2D eigenvalue weighted by atomic mass is 16.5. The number of amides is 1. The van der Waals surface area contributed by atoms with Crippen molar-refractivity contribution in [3.63, 3.8) is 0 Å². The first kappa shape index (κ1) is 19.1. The van der Waals surface area contributed by atoms with Gasteiger partial charge in [-0.05, 0) is 53.8 Å². The third kappa shape index (κ3) is 4.77. The van der Waals surface area contributed by atoms with Crippen LogP contribution in [0, 0.1) is 6.92 Å². The number of fused-ring (bicyclic) bond motifs is 1. The highest BCUT2D eigenvalue weighted by molar-refractivity contribution is 5.85. The molecule has 4 heteroatoms. The van der Waals surface area contributed by atoms with E-state index in [2.05, 4.69) is 65.7 Å². The number of aryl methyl sites for hydroxylation is 1. The number of benzene rings is 3. The third-order valence-corrected chi connectivity index (χ3v) is 5.40. The van der Waals surface area contributed by atoms with Crippen molar-refractivity contribution in [2.45, 2.75) is 26.3 Å². The summed E-state index contributed by atoms with van der Waals surface area (Å²) in [5.74, 6) is 0. The second-order valence-electron chi connectivity index (χ2n) is 7.44. The lowest BCUT2D eigenvalue weighted by molar-refractivity contribution is 0.163. The van der Waals surface area contributed by atoms with E-state index in [9.17, 15) is 4.79 Å². The lowest BCUT2D eigenvalue weighted by atomic mass is 10.1. The SMILES string of the molecule is Cc1ccccc1CCOC(=O)Nc1ccc2c(c1)CCN2Cc1ccccc1. The normalized spacial score (nSPS) is 12.5. The molecule has 1 aliphatic heterocycles. The maximum atomic E-state index is 12.1. The van der Waals surface area contributed by atoms with E-state index in [4.69, 9.17) is 4.74 Å². The Morgan fingerprint density at radius 3 is 2.66 bits per heavy atom. The quantitative estimate of drug-likeness (QED) is 0.621. The summed E-state index contributed by atoms with van der Waals surface area (Å²) >= 11 is 0. The minimum absolute atomic E-state index is 0.368. The fourth-order valence-electron chi connectivity index (χ4n) is 3.81. The van der Waals surface area contributed by atoms with E-state index in [-0.39, 0.29) is 0 Å². The summed E-state index contributed by atoms with van der Waals surface area (Å²) in [5.41, 5.74) is 7.02. The molecule has 1 aliphatic rings. The van der Waals surface area contributed by atoms with Crippen LogP contribution >= 0.6 is 0 Å². The lowest BCUT2D eigenvalue weighted by Crippen LogP contribution is -2.19. The maximum Gasteiger partial charge on any atom is 0.411 e. The maximum absolute atomic E-state index is 12.1. The number of carbonyl (C=O) groups excluding carboxylic acids is 1. The molecule has 3 aromatic carbocycles. The molecule has 0 atom stereocenters. The molecular weight excluding hydrogens is 360 g/mol. The Morgan fingerprint density at radius 1 is 1.03 bits per heavy atom. The second kappa shape index (κ2) is 8.82. The van der Waals surface area contributed by atoms with Crippen LogP contribution in [0.25, 0.3) is 0 Å². The first-order chi connectivity index (χ1) is 14.2. The molecule has 29 heavy (non-hydrogen) atoms. The summed E-state index contributed by atoms with van der Waals surface area (Å²) in [4.78, 5) is 14.5. The number of anilines is 2. The topological polar surface area (TPSA) is 41.6 Å². The van der Waals surface area contributed by atoms with E-state index in [0.29, 0.717) is 6.61 Å². The van der Waals surface area contributed by atoms with Gasteiger partial charge < -0.3 is 9.64 Å². The summed E-state index contributed by atoms with van der Waals surface area (Å²) in [7, 11) is 0. The highest BCUT2D eigenvalue weighted by Gasteiger charge is 2.19. The van der Waals surface area contributed by atoms with Crippen molar-refractivity contribution in [3.05, 3.63) is 95.1 Å². The van der Waals surface area contributed by atoms with Gasteiger partial charge in [-0.25, -0.2) is 4.79 Å². The van der Waals surface area contributed by atoms with Crippen LogP contribution < -0.4 is 10.2 Å². The zero-order valence-corrected chi connectivity index (χ0v) is 16.7.